The number of rotatable bonds is 8. The van der Waals surface area contributed by atoms with Crippen molar-refractivity contribution in [2.45, 2.75) is 38.9 Å². The highest BCUT2D eigenvalue weighted by Gasteiger charge is 2.30. The predicted octanol–water partition coefficient (Wildman–Crippen LogP) is 1.81. The molecule has 6 nitrogen and oxygen atoms in total. The average Bonchev–Trinajstić information content (AvgIpc) is 2.53. The van der Waals surface area contributed by atoms with E-state index in [1.165, 1.54) is 19.1 Å². The van der Waals surface area contributed by atoms with Crippen LogP contribution in [-0.2, 0) is 31.7 Å². The van der Waals surface area contributed by atoms with E-state index in [0.717, 1.165) is 12.1 Å². The summed E-state index contributed by atoms with van der Waals surface area (Å²) >= 11 is 0. The molecule has 0 radical (unpaired) electrons. The number of carbonyl (C=O) groups is 3. The highest BCUT2D eigenvalue weighted by atomic mass is 19.4. The van der Waals surface area contributed by atoms with Crippen molar-refractivity contribution in [3.63, 3.8) is 0 Å². The highest BCUT2D eigenvalue weighted by molar-refractivity contribution is 5.88. The summed E-state index contributed by atoms with van der Waals surface area (Å²) < 4.78 is 42.9. The molecule has 0 saturated heterocycles. The Hall–Kier alpha value is -2.58. The fourth-order valence-corrected chi connectivity index (χ4v) is 2.27. The lowest BCUT2D eigenvalue weighted by molar-refractivity contribution is -0.148. The van der Waals surface area contributed by atoms with Crippen molar-refractivity contribution in [3.8, 4) is 0 Å². The Labute approximate surface area is 148 Å². The van der Waals surface area contributed by atoms with Gasteiger partial charge in [-0.25, -0.2) is 0 Å². The second-order valence-electron chi connectivity index (χ2n) is 5.79. The Morgan fingerprint density at radius 2 is 1.92 bits per heavy atom. The van der Waals surface area contributed by atoms with E-state index in [-0.39, 0.29) is 25.0 Å². The van der Waals surface area contributed by atoms with Crippen molar-refractivity contribution < 1.29 is 32.3 Å². The van der Waals surface area contributed by atoms with Gasteiger partial charge in [0.15, 0.2) is 0 Å². The number of hydrogen-bond donors (Lipinski definition) is 2. The lowest BCUT2D eigenvalue weighted by Crippen LogP contribution is -2.46. The van der Waals surface area contributed by atoms with Gasteiger partial charge in [0.1, 0.15) is 6.04 Å². The molecule has 9 heteroatoms. The van der Waals surface area contributed by atoms with E-state index in [2.05, 4.69) is 5.32 Å². The van der Waals surface area contributed by atoms with Crippen molar-refractivity contribution in [2.75, 3.05) is 6.61 Å². The number of nitrogens with one attached hydrogen (secondary N) is 1. The quantitative estimate of drug-likeness (QED) is 0.678. The molecule has 26 heavy (non-hydrogen) atoms. The molecule has 0 bridgehead atoms. The van der Waals surface area contributed by atoms with Gasteiger partial charge in [-0.15, -0.1) is 0 Å². The summed E-state index contributed by atoms with van der Waals surface area (Å²) in [6.07, 6.45) is -4.94. The summed E-state index contributed by atoms with van der Waals surface area (Å²) in [5, 5.41) is 2.35. The number of primary amides is 1. The van der Waals surface area contributed by atoms with Gasteiger partial charge in [-0.05, 0) is 25.0 Å². The third-order valence-corrected chi connectivity index (χ3v) is 3.58. The van der Waals surface area contributed by atoms with E-state index in [1.54, 1.807) is 6.92 Å². The van der Waals surface area contributed by atoms with Gasteiger partial charge in [0, 0.05) is 0 Å². The molecule has 0 saturated carbocycles. The zero-order valence-corrected chi connectivity index (χ0v) is 14.4. The fraction of sp³-hybridized carbons (Fsp3) is 0.471. The van der Waals surface area contributed by atoms with Gasteiger partial charge in [-0.1, -0.05) is 25.1 Å². The molecule has 0 heterocycles. The molecule has 1 rings (SSSR count). The van der Waals surface area contributed by atoms with Crippen LogP contribution in [0.5, 0.6) is 0 Å². The summed E-state index contributed by atoms with van der Waals surface area (Å²) in [6, 6.07) is 3.19. The van der Waals surface area contributed by atoms with E-state index >= 15 is 0 Å². The normalized spacial score (nSPS) is 13.6. The van der Waals surface area contributed by atoms with Gasteiger partial charge in [-0.2, -0.15) is 13.2 Å². The van der Waals surface area contributed by atoms with Gasteiger partial charge in [0.2, 0.25) is 11.8 Å². The molecule has 0 spiro atoms. The van der Waals surface area contributed by atoms with Crippen LogP contribution in [0.3, 0.4) is 0 Å². The van der Waals surface area contributed by atoms with E-state index in [0.29, 0.717) is 0 Å². The van der Waals surface area contributed by atoms with Crippen molar-refractivity contribution in [3.05, 3.63) is 35.4 Å². The van der Waals surface area contributed by atoms with Crippen LogP contribution in [0.1, 0.15) is 31.4 Å². The monoisotopic (exact) mass is 374 g/mol. The number of amides is 2. The zero-order chi connectivity index (χ0) is 19.9. The molecule has 1 aromatic carbocycles. The van der Waals surface area contributed by atoms with Crippen molar-refractivity contribution >= 4 is 17.8 Å². The minimum absolute atomic E-state index is 0.0670. The third-order valence-electron chi connectivity index (χ3n) is 3.58. The molecule has 0 aliphatic carbocycles. The molecule has 0 aliphatic rings. The Morgan fingerprint density at radius 3 is 2.46 bits per heavy atom. The first-order chi connectivity index (χ1) is 12.0. The number of benzene rings is 1. The fourth-order valence-electron chi connectivity index (χ4n) is 2.27. The second kappa shape index (κ2) is 9.21. The van der Waals surface area contributed by atoms with Crippen LogP contribution in [0.2, 0.25) is 0 Å². The Morgan fingerprint density at radius 1 is 1.27 bits per heavy atom. The first-order valence-corrected chi connectivity index (χ1v) is 7.96. The van der Waals surface area contributed by atoms with Crippen molar-refractivity contribution in [2.24, 2.45) is 11.7 Å². The number of ether oxygens (including phenoxy) is 1. The van der Waals surface area contributed by atoms with Crippen LogP contribution in [0.15, 0.2) is 24.3 Å². The van der Waals surface area contributed by atoms with E-state index in [4.69, 9.17) is 10.5 Å². The molecule has 0 unspecified atom stereocenters. The minimum atomic E-state index is -4.52. The van der Waals surface area contributed by atoms with E-state index in [9.17, 15) is 27.6 Å². The van der Waals surface area contributed by atoms with Gasteiger partial charge in [-0.3, -0.25) is 14.4 Å². The van der Waals surface area contributed by atoms with Crippen LogP contribution < -0.4 is 11.1 Å². The summed E-state index contributed by atoms with van der Waals surface area (Å²) in [5.41, 5.74) is 4.50. The summed E-state index contributed by atoms with van der Waals surface area (Å²) in [5.74, 6) is -2.74. The third kappa shape index (κ3) is 6.73. The maximum Gasteiger partial charge on any atom is 0.416 e. The number of carbonyl (C=O) groups excluding carboxylic acids is 3. The summed E-state index contributed by atoms with van der Waals surface area (Å²) in [4.78, 5) is 35.2. The smallest absolute Gasteiger partial charge is 0.416 e. The topological polar surface area (TPSA) is 98.5 Å². The van der Waals surface area contributed by atoms with Gasteiger partial charge < -0.3 is 15.8 Å². The van der Waals surface area contributed by atoms with Crippen LogP contribution in [0, 0.1) is 5.92 Å². The van der Waals surface area contributed by atoms with Crippen molar-refractivity contribution in [1.29, 1.82) is 0 Å². The molecular formula is C17H21F3N2O4. The maximum absolute atomic E-state index is 12.7. The van der Waals surface area contributed by atoms with Crippen LogP contribution in [-0.4, -0.2) is 30.4 Å². The standard InChI is InChI=1S/C17H21F3N2O4/c1-3-26-16(25)10(2)7-13(15(21)24)22-14(23)9-11-5-4-6-12(8-11)17(18,19)20/h4-6,8,10,13H,3,7,9H2,1-2H3,(H2,21,24)(H,22,23)/t10-,13+/m0/s1. The zero-order valence-electron chi connectivity index (χ0n) is 14.4. The Bertz CT molecular complexity index is 662. The molecule has 144 valence electrons. The average molecular weight is 374 g/mol. The first-order valence-electron chi connectivity index (χ1n) is 7.96. The van der Waals surface area contributed by atoms with Gasteiger partial charge in [0.25, 0.3) is 0 Å². The largest absolute Gasteiger partial charge is 0.466 e. The molecule has 0 aliphatic heterocycles. The SMILES string of the molecule is CCOC(=O)[C@@H](C)C[C@@H](NC(=O)Cc1cccc(C(F)(F)F)c1)C(N)=O. The Kier molecular flexibility index (Phi) is 7.60. The van der Waals surface area contributed by atoms with Crippen LogP contribution in [0.4, 0.5) is 13.2 Å². The molecule has 1 aromatic rings. The van der Waals surface area contributed by atoms with Crippen LogP contribution >= 0.6 is 0 Å². The summed E-state index contributed by atoms with van der Waals surface area (Å²) in [6.45, 7) is 3.33. The highest BCUT2D eigenvalue weighted by Crippen LogP contribution is 2.29. The Balaban J connectivity index is 2.74. The number of esters is 1. The first kappa shape index (κ1) is 21.5. The predicted molar refractivity (Wildman–Crippen MR) is 86.7 cm³/mol. The molecule has 0 fully saturated rings. The molecule has 3 N–H and O–H groups in total. The molecular weight excluding hydrogens is 353 g/mol. The number of nitrogens with two attached hydrogens (primary N) is 1. The maximum atomic E-state index is 12.7. The van der Waals surface area contributed by atoms with Gasteiger partial charge in [0.05, 0.1) is 24.5 Å². The minimum Gasteiger partial charge on any atom is -0.466 e. The molecule has 2 atom stereocenters. The van der Waals surface area contributed by atoms with Crippen LogP contribution in [0.25, 0.3) is 0 Å². The molecule has 2 amide bonds. The molecule has 0 aromatic heterocycles. The second-order valence-corrected chi connectivity index (χ2v) is 5.79. The lowest BCUT2D eigenvalue weighted by Gasteiger charge is -2.19. The summed E-state index contributed by atoms with van der Waals surface area (Å²) in [7, 11) is 0. The van der Waals surface area contributed by atoms with Crippen molar-refractivity contribution in [1.82, 2.24) is 5.32 Å². The van der Waals surface area contributed by atoms with Gasteiger partial charge >= 0.3 is 12.1 Å². The number of alkyl halides is 3. The number of halogens is 3. The van der Waals surface area contributed by atoms with E-state index < -0.39 is 41.5 Å². The lowest BCUT2D eigenvalue weighted by atomic mass is 10.0. The number of hydrogen-bond acceptors (Lipinski definition) is 4. The van der Waals surface area contributed by atoms with E-state index in [1.807, 2.05) is 0 Å².